The van der Waals surface area contributed by atoms with E-state index in [1.807, 2.05) is 17.0 Å². The second-order valence-electron chi connectivity index (χ2n) is 6.51. The summed E-state index contributed by atoms with van der Waals surface area (Å²) < 4.78 is 0. The number of nitrogens with two attached hydrogens (primary N) is 1. The summed E-state index contributed by atoms with van der Waals surface area (Å²) in [7, 11) is 0. The van der Waals surface area contributed by atoms with Gasteiger partial charge in [-0.2, -0.15) is 0 Å². The summed E-state index contributed by atoms with van der Waals surface area (Å²) in [4.78, 5) is 26.6. The molecule has 0 unspecified atom stereocenters. The number of hydrogen-bond acceptors (Lipinski definition) is 5. The second kappa shape index (κ2) is 7.53. The number of nitro benzene ring substituents is 1. The van der Waals surface area contributed by atoms with E-state index in [0.717, 1.165) is 19.6 Å². The van der Waals surface area contributed by atoms with Crippen molar-refractivity contribution >= 4 is 17.3 Å². The zero-order valence-electron chi connectivity index (χ0n) is 14.7. The van der Waals surface area contributed by atoms with Gasteiger partial charge in [0.05, 0.1) is 4.92 Å². The molecule has 0 bridgehead atoms. The molecule has 7 nitrogen and oxygen atoms in total. The predicted molar refractivity (Wildman–Crippen MR) is 100 cm³/mol. The van der Waals surface area contributed by atoms with Crippen molar-refractivity contribution in [1.82, 2.24) is 4.90 Å². The quantitative estimate of drug-likeness (QED) is 0.657. The lowest BCUT2D eigenvalue weighted by molar-refractivity contribution is -0.384. The van der Waals surface area contributed by atoms with Crippen molar-refractivity contribution in [3.05, 3.63) is 69.3 Å². The van der Waals surface area contributed by atoms with Gasteiger partial charge >= 0.3 is 0 Å². The third kappa shape index (κ3) is 3.83. The van der Waals surface area contributed by atoms with Crippen molar-refractivity contribution in [1.29, 1.82) is 0 Å². The number of aryl methyl sites for hydroxylation is 1. The number of rotatable bonds is 5. The molecular formula is C19H22N4O3. The van der Waals surface area contributed by atoms with Gasteiger partial charge in [0.15, 0.2) is 0 Å². The van der Waals surface area contributed by atoms with E-state index in [0.29, 0.717) is 18.8 Å². The number of nitro groups is 1. The van der Waals surface area contributed by atoms with Crippen LogP contribution in [0.25, 0.3) is 0 Å². The molecule has 1 aliphatic heterocycles. The molecule has 2 N–H and O–H groups in total. The summed E-state index contributed by atoms with van der Waals surface area (Å²) in [5.74, 6) is -0.664. The van der Waals surface area contributed by atoms with Gasteiger partial charge in [0.1, 0.15) is 5.69 Å². The summed E-state index contributed by atoms with van der Waals surface area (Å²) in [5, 5.41) is 11.4. The summed E-state index contributed by atoms with van der Waals surface area (Å²) in [6.45, 7) is 6.02. The molecule has 1 aliphatic rings. The number of nitrogens with zero attached hydrogens (tertiary/aromatic N) is 3. The monoisotopic (exact) mass is 354 g/mol. The first-order chi connectivity index (χ1) is 12.5. The number of amides is 1. The van der Waals surface area contributed by atoms with Crippen LogP contribution in [-0.4, -0.2) is 41.9 Å². The second-order valence-corrected chi connectivity index (χ2v) is 6.51. The number of benzene rings is 2. The summed E-state index contributed by atoms with van der Waals surface area (Å²) in [5.41, 5.74) is 8.42. The molecule has 136 valence electrons. The average Bonchev–Trinajstić information content (AvgIpc) is 2.63. The molecule has 1 heterocycles. The van der Waals surface area contributed by atoms with Crippen LogP contribution in [-0.2, 0) is 6.54 Å². The van der Waals surface area contributed by atoms with Gasteiger partial charge in [0.2, 0.25) is 5.91 Å². The van der Waals surface area contributed by atoms with Gasteiger partial charge in [0, 0.05) is 44.4 Å². The fourth-order valence-electron chi connectivity index (χ4n) is 3.27. The van der Waals surface area contributed by atoms with Gasteiger partial charge in [-0.15, -0.1) is 0 Å². The molecule has 1 fully saturated rings. The lowest BCUT2D eigenvalue weighted by atomic mass is 10.1. The predicted octanol–water partition coefficient (Wildman–Crippen LogP) is 2.32. The van der Waals surface area contributed by atoms with Crippen LogP contribution in [0.1, 0.15) is 21.5 Å². The molecule has 0 aliphatic carbocycles. The first kappa shape index (κ1) is 17.9. The van der Waals surface area contributed by atoms with Crippen LogP contribution >= 0.6 is 0 Å². The van der Waals surface area contributed by atoms with Crippen LogP contribution < -0.4 is 10.6 Å². The fraction of sp³-hybridized carbons (Fsp3) is 0.316. The Kier molecular flexibility index (Phi) is 5.18. The normalized spacial score (nSPS) is 15.0. The Morgan fingerprint density at radius 3 is 2.46 bits per heavy atom. The number of hydrogen-bond donors (Lipinski definition) is 1. The average molecular weight is 354 g/mol. The molecule has 2 aromatic carbocycles. The van der Waals surface area contributed by atoms with Crippen molar-refractivity contribution < 1.29 is 9.72 Å². The van der Waals surface area contributed by atoms with Crippen molar-refractivity contribution in [3.63, 3.8) is 0 Å². The zero-order valence-corrected chi connectivity index (χ0v) is 14.7. The minimum absolute atomic E-state index is 0.0753. The molecule has 0 spiro atoms. The van der Waals surface area contributed by atoms with Crippen LogP contribution in [0.15, 0.2) is 42.5 Å². The van der Waals surface area contributed by atoms with Crippen LogP contribution in [0, 0.1) is 17.0 Å². The Bertz CT molecular complexity index is 829. The number of carbonyl (C=O) groups excluding carboxylic acids is 1. The van der Waals surface area contributed by atoms with Gasteiger partial charge in [-0.05, 0) is 30.2 Å². The van der Waals surface area contributed by atoms with Gasteiger partial charge in [0.25, 0.3) is 5.69 Å². The molecule has 1 saturated heterocycles. The van der Waals surface area contributed by atoms with E-state index in [9.17, 15) is 14.9 Å². The highest BCUT2D eigenvalue weighted by molar-refractivity contribution is 5.94. The number of primary amides is 1. The first-order valence-corrected chi connectivity index (χ1v) is 8.56. The van der Waals surface area contributed by atoms with Crippen LogP contribution in [0.4, 0.5) is 11.4 Å². The Morgan fingerprint density at radius 1 is 1.15 bits per heavy atom. The molecule has 2 aromatic rings. The zero-order chi connectivity index (χ0) is 18.7. The van der Waals surface area contributed by atoms with E-state index in [1.54, 1.807) is 12.1 Å². The van der Waals surface area contributed by atoms with E-state index in [4.69, 9.17) is 5.73 Å². The fourth-order valence-corrected chi connectivity index (χ4v) is 3.27. The molecule has 0 radical (unpaired) electrons. The van der Waals surface area contributed by atoms with E-state index < -0.39 is 10.8 Å². The van der Waals surface area contributed by atoms with Gasteiger partial charge in [-0.25, -0.2) is 0 Å². The molecule has 26 heavy (non-hydrogen) atoms. The lowest BCUT2D eigenvalue weighted by Crippen LogP contribution is -2.46. The smallest absolute Gasteiger partial charge is 0.293 e. The summed E-state index contributed by atoms with van der Waals surface area (Å²) in [6, 6.07) is 12.7. The topological polar surface area (TPSA) is 92.7 Å². The van der Waals surface area contributed by atoms with E-state index in [2.05, 4.69) is 24.0 Å². The Hall–Kier alpha value is -2.93. The highest BCUT2D eigenvalue weighted by atomic mass is 16.6. The van der Waals surface area contributed by atoms with Crippen molar-refractivity contribution in [2.45, 2.75) is 13.5 Å². The highest BCUT2D eigenvalue weighted by Crippen LogP contribution is 2.30. The van der Waals surface area contributed by atoms with Crippen LogP contribution in [0.2, 0.25) is 0 Å². The maximum atomic E-state index is 11.4. The van der Waals surface area contributed by atoms with Crippen LogP contribution in [0.3, 0.4) is 0 Å². The number of piperazine rings is 1. The van der Waals surface area contributed by atoms with E-state index in [1.165, 1.54) is 17.2 Å². The molecule has 0 aromatic heterocycles. The lowest BCUT2D eigenvalue weighted by Gasteiger charge is -2.36. The van der Waals surface area contributed by atoms with Gasteiger partial charge < -0.3 is 10.6 Å². The van der Waals surface area contributed by atoms with Crippen molar-refractivity contribution in [3.8, 4) is 0 Å². The van der Waals surface area contributed by atoms with Crippen molar-refractivity contribution in [2.24, 2.45) is 5.73 Å². The molecule has 7 heteroatoms. The highest BCUT2D eigenvalue weighted by Gasteiger charge is 2.25. The van der Waals surface area contributed by atoms with Gasteiger partial charge in [-0.1, -0.05) is 24.3 Å². The third-order valence-electron chi connectivity index (χ3n) is 4.82. The largest absolute Gasteiger partial charge is 0.366 e. The van der Waals surface area contributed by atoms with Gasteiger partial charge in [-0.3, -0.25) is 19.8 Å². The minimum Gasteiger partial charge on any atom is -0.366 e. The molecule has 3 rings (SSSR count). The van der Waals surface area contributed by atoms with Crippen molar-refractivity contribution in [2.75, 3.05) is 31.1 Å². The molecule has 0 atom stereocenters. The maximum Gasteiger partial charge on any atom is 0.293 e. The Morgan fingerprint density at radius 2 is 1.85 bits per heavy atom. The summed E-state index contributed by atoms with van der Waals surface area (Å²) >= 11 is 0. The Balaban J connectivity index is 1.71. The molecule has 0 saturated carbocycles. The van der Waals surface area contributed by atoms with E-state index in [-0.39, 0.29) is 11.3 Å². The molecular weight excluding hydrogens is 332 g/mol. The standard InChI is InChI=1S/C19H22N4O3/c1-14-4-2-3-5-16(14)13-21-8-10-22(11-9-21)17-7-6-15(19(20)24)12-18(17)23(25)26/h2-7,12H,8-11,13H2,1H3,(H2,20,24). The number of anilines is 1. The minimum atomic E-state index is -0.664. The molecule has 1 amide bonds. The third-order valence-corrected chi connectivity index (χ3v) is 4.82. The Labute approximate surface area is 152 Å². The van der Waals surface area contributed by atoms with Crippen LogP contribution in [0.5, 0.6) is 0 Å². The summed E-state index contributed by atoms with van der Waals surface area (Å²) in [6.07, 6.45) is 0. The first-order valence-electron chi connectivity index (χ1n) is 8.56. The SMILES string of the molecule is Cc1ccccc1CN1CCN(c2ccc(C(N)=O)cc2[N+](=O)[O-])CC1. The van der Waals surface area contributed by atoms with E-state index >= 15 is 0 Å². The number of carbonyl (C=O) groups is 1. The maximum absolute atomic E-state index is 11.4.